The molecule has 3 aliphatic heterocycles. The second-order valence-corrected chi connectivity index (χ2v) is 11.0. The number of nitrogens with zero attached hydrogens (tertiary/aromatic N) is 1. The first-order valence-electron chi connectivity index (χ1n) is 13.4. The first-order chi connectivity index (χ1) is 19.9. The van der Waals surface area contributed by atoms with Crippen LogP contribution in [0.1, 0.15) is 43.4 Å². The topological polar surface area (TPSA) is 75.7 Å². The molecule has 0 bridgehead atoms. The number of carbonyl (C=O) groups excluding carboxylic acids is 3. The van der Waals surface area contributed by atoms with Crippen LogP contribution in [-0.4, -0.2) is 35.5 Å². The van der Waals surface area contributed by atoms with E-state index >= 15 is 0 Å². The quantitative estimate of drug-likeness (QED) is 0.289. The van der Waals surface area contributed by atoms with Gasteiger partial charge in [0.15, 0.2) is 11.6 Å². The highest BCUT2D eigenvalue weighted by atomic mass is 35.5. The number of amides is 1. The standard InChI is InChI=1S/C34H25ClN2O4/c1-41-24-9-6-8-22(19-24)30(38)28-29(31(39)21-13-15-23(35)16-14-21)37-18-17-20-7-2-3-10-25(20)32(37)34(28)26-11-4-5-12-27(26)36-33(34)40/h2-19,28-29,32H,1H3,(H,36,40)/t28-,29+,32+,34-/m0/s1. The predicted molar refractivity (Wildman–Crippen MR) is 157 cm³/mol. The van der Waals surface area contributed by atoms with E-state index in [2.05, 4.69) is 5.32 Å². The summed E-state index contributed by atoms with van der Waals surface area (Å²) in [5, 5.41) is 3.57. The van der Waals surface area contributed by atoms with E-state index in [1.807, 2.05) is 65.7 Å². The molecule has 4 aromatic carbocycles. The van der Waals surface area contributed by atoms with Crippen molar-refractivity contribution >= 4 is 40.8 Å². The molecule has 3 heterocycles. The Balaban J connectivity index is 1.53. The molecule has 7 heteroatoms. The second-order valence-electron chi connectivity index (χ2n) is 10.6. The summed E-state index contributed by atoms with van der Waals surface area (Å²) in [6.07, 6.45) is 3.80. The van der Waals surface area contributed by atoms with Gasteiger partial charge >= 0.3 is 0 Å². The molecule has 3 aliphatic rings. The summed E-state index contributed by atoms with van der Waals surface area (Å²) in [5.74, 6) is -1.40. The van der Waals surface area contributed by atoms with E-state index in [-0.39, 0.29) is 17.5 Å². The molecule has 7 rings (SSSR count). The van der Waals surface area contributed by atoms with E-state index in [4.69, 9.17) is 16.3 Å². The molecule has 0 radical (unpaired) electrons. The number of ether oxygens (including phenoxy) is 1. The number of rotatable bonds is 5. The fraction of sp³-hybridized carbons (Fsp3) is 0.147. The predicted octanol–water partition coefficient (Wildman–Crippen LogP) is 6.33. The molecule has 0 unspecified atom stereocenters. The van der Waals surface area contributed by atoms with Gasteiger partial charge in [-0.05, 0) is 65.2 Å². The summed E-state index contributed by atoms with van der Waals surface area (Å²) in [5.41, 5.74) is 2.58. The molecule has 0 aliphatic carbocycles. The number of Topliss-reactive ketones (excluding diaryl/α,β-unsaturated/α-hetero) is 2. The molecule has 4 atom stereocenters. The van der Waals surface area contributed by atoms with Gasteiger partial charge < -0.3 is 15.0 Å². The number of benzene rings is 4. The summed E-state index contributed by atoms with van der Waals surface area (Å²) >= 11 is 6.15. The van der Waals surface area contributed by atoms with Crippen molar-refractivity contribution in [3.63, 3.8) is 0 Å². The van der Waals surface area contributed by atoms with Crippen molar-refractivity contribution in [2.24, 2.45) is 5.92 Å². The van der Waals surface area contributed by atoms with Gasteiger partial charge in [-0.15, -0.1) is 0 Å². The molecule has 0 saturated carbocycles. The van der Waals surface area contributed by atoms with Crippen LogP contribution in [0, 0.1) is 5.92 Å². The molecule has 6 nitrogen and oxygen atoms in total. The van der Waals surface area contributed by atoms with Crippen molar-refractivity contribution in [2.75, 3.05) is 12.4 Å². The van der Waals surface area contributed by atoms with Crippen LogP contribution in [-0.2, 0) is 10.2 Å². The van der Waals surface area contributed by atoms with Crippen molar-refractivity contribution < 1.29 is 19.1 Å². The van der Waals surface area contributed by atoms with E-state index < -0.39 is 23.4 Å². The van der Waals surface area contributed by atoms with Crippen molar-refractivity contribution in [2.45, 2.75) is 17.5 Å². The van der Waals surface area contributed by atoms with E-state index in [0.717, 1.165) is 11.1 Å². The summed E-state index contributed by atoms with van der Waals surface area (Å²) in [6, 6.07) is 27.3. The number of carbonyl (C=O) groups is 3. The van der Waals surface area contributed by atoms with Crippen molar-refractivity contribution in [3.05, 3.63) is 136 Å². The first kappa shape index (κ1) is 25.3. The Morgan fingerprint density at radius 1 is 0.878 bits per heavy atom. The largest absolute Gasteiger partial charge is 0.497 e. The smallest absolute Gasteiger partial charge is 0.238 e. The zero-order chi connectivity index (χ0) is 28.3. The van der Waals surface area contributed by atoms with Gasteiger partial charge in [0, 0.05) is 28.0 Å². The van der Waals surface area contributed by atoms with Crippen LogP contribution in [0.5, 0.6) is 5.75 Å². The van der Waals surface area contributed by atoms with Crippen LogP contribution in [0.4, 0.5) is 5.69 Å². The molecule has 1 fully saturated rings. The van der Waals surface area contributed by atoms with Crippen molar-refractivity contribution in [1.29, 1.82) is 0 Å². The first-order valence-corrected chi connectivity index (χ1v) is 13.8. The molecule has 1 amide bonds. The molecular weight excluding hydrogens is 536 g/mol. The molecule has 4 aromatic rings. The summed E-state index contributed by atoms with van der Waals surface area (Å²) in [7, 11) is 1.54. The van der Waals surface area contributed by atoms with Gasteiger partial charge in [-0.3, -0.25) is 14.4 Å². The lowest BCUT2D eigenvalue weighted by molar-refractivity contribution is -0.122. The third-order valence-electron chi connectivity index (χ3n) is 8.60. The highest BCUT2D eigenvalue weighted by molar-refractivity contribution is 6.30. The number of methoxy groups -OCH3 is 1. The minimum absolute atomic E-state index is 0.258. The molecule has 1 spiro atoms. The lowest BCUT2D eigenvalue weighted by Crippen LogP contribution is -2.49. The minimum Gasteiger partial charge on any atom is -0.497 e. The zero-order valence-electron chi connectivity index (χ0n) is 22.1. The van der Waals surface area contributed by atoms with Crippen LogP contribution < -0.4 is 10.1 Å². The summed E-state index contributed by atoms with van der Waals surface area (Å²) < 4.78 is 5.43. The number of anilines is 1. The Kier molecular flexibility index (Phi) is 5.84. The van der Waals surface area contributed by atoms with E-state index in [1.165, 1.54) is 7.11 Å². The molecule has 0 aromatic heterocycles. The number of hydrogen-bond acceptors (Lipinski definition) is 5. The fourth-order valence-corrected chi connectivity index (χ4v) is 7.03. The van der Waals surface area contributed by atoms with Crippen molar-refractivity contribution in [3.8, 4) is 5.75 Å². The maximum atomic E-state index is 14.8. The number of nitrogens with one attached hydrogen (secondary N) is 1. The van der Waals surface area contributed by atoms with Gasteiger partial charge in [0.05, 0.1) is 19.1 Å². The second kappa shape index (κ2) is 9.46. The Morgan fingerprint density at radius 2 is 1.63 bits per heavy atom. The molecular formula is C34H25ClN2O4. The molecule has 202 valence electrons. The van der Waals surface area contributed by atoms with Crippen LogP contribution in [0.25, 0.3) is 6.08 Å². The number of ketones is 2. The number of para-hydroxylation sites is 1. The van der Waals surface area contributed by atoms with Crippen LogP contribution in [0.15, 0.2) is 103 Å². The zero-order valence-corrected chi connectivity index (χ0v) is 22.8. The normalized spacial score (nSPS) is 23.5. The SMILES string of the molecule is COc1cccc(C(=O)[C@@H]2[C@H](C(=O)c3ccc(Cl)cc3)N3C=Cc4ccccc4[C@@H]3[C@@]23C(=O)Nc2ccccc23)c1. The maximum Gasteiger partial charge on any atom is 0.238 e. The third-order valence-corrected chi connectivity index (χ3v) is 8.86. The average Bonchev–Trinajstić information content (AvgIpc) is 3.49. The lowest BCUT2D eigenvalue weighted by atomic mass is 9.62. The van der Waals surface area contributed by atoms with Crippen molar-refractivity contribution in [1.82, 2.24) is 4.90 Å². The van der Waals surface area contributed by atoms with Crippen LogP contribution in [0.2, 0.25) is 5.02 Å². The molecule has 41 heavy (non-hydrogen) atoms. The Morgan fingerprint density at radius 3 is 2.44 bits per heavy atom. The monoisotopic (exact) mass is 560 g/mol. The number of hydrogen-bond donors (Lipinski definition) is 1. The van der Waals surface area contributed by atoms with Gasteiger partial charge in [-0.25, -0.2) is 0 Å². The Bertz CT molecular complexity index is 1760. The van der Waals surface area contributed by atoms with Gasteiger partial charge in [-0.1, -0.05) is 66.2 Å². The van der Waals surface area contributed by atoms with E-state index in [9.17, 15) is 14.4 Å². The summed E-state index contributed by atoms with van der Waals surface area (Å²) in [6.45, 7) is 0. The van der Waals surface area contributed by atoms with Crippen LogP contribution in [0.3, 0.4) is 0 Å². The summed E-state index contributed by atoms with van der Waals surface area (Å²) in [4.78, 5) is 45.7. The van der Waals surface area contributed by atoms with Crippen LogP contribution >= 0.6 is 11.6 Å². The maximum absolute atomic E-state index is 14.8. The minimum atomic E-state index is -1.38. The van der Waals surface area contributed by atoms with Gasteiger partial charge in [0.1, 0.15) is 17.2 Å². The highest BCUT2D eigenvalue weighted by Gasteiger charge is 2.70. The number of fused-ring (bicyclic) bond motifs is 6. The molecule has 1 saturated heterocycles. The van der Waals surface area contributed by atoms with E-state index in [1.54, 1.807) is 48.5 Å². The number of halogens is 1. The lowest BCUT2D eigenvalue weighted by Gasteiger charge is -2.38. The fourth-order valence-electron chi connectivity index (χ4n) is 6.91. The third kappa shape index (κ3) is 3.60. The molecule has 1 N–H and O–H groups in total. The van der Waals surface area contributed by atoms with Gasteiger partial charge in [0.25, 0.3) is 0 Å². The van der Waals surface area contributed by atoms with Gasteiger partial charge in [0.2, 0.25) is 5.91 Å². The Hall–Kier alpha value is -4.68. The average molecular weight is 561 g/mol. The van der Waals surface area contributed by atoms with E-state index in [0.29, 0.717) is 33.1 Å². The highest BCUT2D eigenvalue weighted by Crippen LogP contribution is 2.62. The Labute approximate surface area is 242 Å². The van der Waals surface area contributed by atoms with Gasteiger partial charge in [-0.2, -0.15) is 0 Å².